The first-order valence-electron chi connectivity index (χ1n) is 10.1. The molecular formula is C21H25N7O. The van der Waals surface area contributed by atoms with Crippen molar-refractivity contribution in [3.63, 3.8) is 0 Å². The Bertz CT molecular complexity index is 1130. The van der Waals surface area contributed by atoms with Gasteiger partial charge in [-0.2, -0.15) is 10.2 Å². The molecule has 2 N–H and O–H groups in total. The van der Waals surface area contributed by atoms with Gasteiger partial charge in [0.1, 0.15) is 5.52 Å². The summed E-state index contributed by atoms with van der Waals surface area (Å²) in [6.45, 7) is 4.87. The largest absolute Gasteiger partial charge is 0.379 e. The van der Waals surface area contributed by atoms with Crippen LogP contribution in [0.5, 0.6) is 0 Å². The summed E-state index contributed by atoms with van der Waals surface area (Å²) in [5.74, 6) is 0.729. The molecule has 8 heteroatoms. The van der Waals surface area contributed by atoms with Crippen molar-refractivity contribution >= 4 is 33.4 Å². The number of rotatable bonds is 6. The van der Waals surface area contributed by atoms with E-state index in [1.807, 2.05) is 23.9 Å². The molecule has 0 spiro atoms. The lowest BCUT2D eigenvalue weighted by Crippen LogP contribution is -2.36. The van der Waals surface area contributed by atoms with Crippen molar-refractivity contribution in [2.45, 2.75) is 12.8 Å². The summed E-state index contributed by atoms with van der Waals surface area (Å²) in [4.78, 5) is 6.88. The highest BCUT2D eigenvalue weighted by atomic mass is 16.5. The molecule has 3 aromatic heterocycles. The number of anilines is 2. The van der Waals surface area contributed by atoms with Crippen LogP contribution in [0.2, 0.25) is 0 Å². The minimum absolute atomic E-state index is 0.729. The zero-order valence-corrected chi connectivity index (χ0v) is 16.6. The predicted molar refractivity (Wildman–Crippen MR) is 113 cm³/mol. The number of fused-ring (bicyclic) bond motifs is 2. The topological polar surface area (TPSA) is 83.9 Å². The minimum Gasteiger partial charge on any atom is -0.379 e. The number of morpholine rings is 1. The molecule has 5 rings (SSSR count). The maximum Gasteiger partial charge on any atom is 0.178 e. The Kier molecular flexibility index (Phi) is 4.87. The Hall–Kier alpha value is -2.97. The first kappa shape index (κ1) is 18.1. The average molecular weight is 391 g/mol. The number of hydrogen-bond donors (Lipinski definition) is 2. The molecule has 29 heavy (non-hydrogen) atoms. The number of ether oxygens (including phenoxy) is 1. The molecule has 1 aliphatic heterocycles. The normalized spacial score (nSPS) is 15.3. The van der Waals surface area contributed by atoms with Crippen LogP contribution in [-0.4, -0.2) is 62.7 Å². The number of pyridine rings is 1. The van der Waals surface area contributed by atoms with E-state index in [-0.39, 0.29) is 0 Å². The highest BCUT2D eigenvalue weighted by Crippen LogP contribution is 2.26. The molecule has 1 fully saturated rings. The van der Waals surface area contributed by atoms with Crippen LogP contribution in [0, 0.1) is 0 Å². The predicted octanol–water partition coefficient (Wildman–Crippen LogP) is 2.85. The van der Waals surface area contributed by atoms with Crippen LogP contribution in [0.3, 0.4) is 0 Å². The summed E-state index contributed by atoms with van der Waals surface area (Å²) in [5.41, 5.74) is 5.00. The van der Waals surface area contributed by atoms with Gasteiger partial charge >= 0.3 is 0 Å². The van der Waals surface area contributed by atoms with Gasteiger partial charge in [0.05, 0.1) is 29.9 Å². The SMILES string of the molecule is Cn1nc(CCCN2CCOCC2)c2ccc(Nc3n[nH]c4cccnc34)cc21. The second-order valence-electron chi connectivity index (χ2n) is 7.46. The molecule has 1 saturated heterocycles. The molecule has 1 aliphatic rings. The highest BCUT2D eigenvalue weighted by Gasteiger charge is 2.13. The minimum atomic E-state index is 0.729. The van der Waals surface area contributed by atoms with Gasteiger partial charge in [-0.15, -0.1) is 0 Å². The molecular weight excluding hydrogens is 366 g/mol. The standard InChI is InChI=1S/C21H25N7O/c1-27-19-14-15(23-21-20-18(24-25-21)4-2-8-22-20)6-7-16(19)17(26-27)5-3-9-28-10-12-29-13-11-28/h2,4,6-8,14H,3,5,9-13H2,1H3,(H2,23,24,25). The number of benzene rings is 1. The van der Waals surface area contributed by atoms with Crippen LogP contribution in [0.25, 0.3) is 21.9 Å². The van der Waals surface area contributed by atoms with Gasteiger partial charge in [-0.1, -0.05) is 0 Å². The number of nitrogens with zero attached hydrogens (tertiary/aromatic N) is 5. The zero-order chi connectivity index (χ0) is 19.6. The average Bonchev–Trinajstić information content (AvgIpc) is 3.30. The summed E-state index contributed by atoms with van der Waals surface area (Å²) >= 11 is 0. The van der Waals surface area contributed by atoms with E-state index >= 15 is 0 Å². The lowest BCUT2D eigenvalue weighted by molar-refractivity contribution is 0.0374. The lowest BCUT2D eigenvalue weighted by Gasteiger charge is -2.26. The number of nitrogens with one attached hydrogen (secondary N) is 2. The summed E-state index contributed by atoms with van der Waals surface area (Å²) in [5, 5.41) is 16.7. The summed E-state index contributed by atoms with van der Waals surface area (Å²) < 4.78 is 7.39. The van der Waals surface area contributed by atoms with E-state index in [0.717, 1.165) is 79.4 Å². The number of aryl methyl sites for hydroxylation is 2. The molecule has 8 nitrogen and oxygen atoms in total. The molecule has 0 aliphatic carbocycles. The van der Waals surface area contributed by atoms with Crippen molar-refractivity contribution in [2.24, 2.45) is 7.05 Å². The second-order valence-corrected chi connectivity index (χ2v) is 7.46. The van der Waals surface area contributed by atoms with E-state index in [9.17, 15) is 0 Å². The molecule has 150 valence electrons. The van der Waals surface area contributed by atoms with E-state index in [2.05, 4.69) is 43.6 Å². The van der Waals surface area contributed by atoms with Crippen molar-refractivity contribution in [3.8, 4) is 0 Å². The van der Waals surface area contributed by atoms with Crippen LogP contribution in [0.4, 0.5) is 11.5 Å². The Balaban J connectivity index is 1.32. The Morgan fingerprint density at radius 2 is 2.10 bits per heavy atom. The van der Waals surface area contributed by atoms with Crippen LogP contribution >= 0.6 is 0 Å². The maximum atomic E-state index is 5.42. The van der Waals surface area contributed by atoms with Crippen LogP contribution < -0.4 is 5.32 Å². The monoisotopic (exact) mass is 391 g/mol. The summed E-state index contributed by atoms with van der Waals surface area (Å²) in [6.07, 6.45) is 3.86. The first-order chi connectivity index (χ1) is 14.3. The fourth-order valence-corrected chi connectivity index (χ4v) is 3.97. The van der Waals surface area contributed by atoms with Crippen LogP contribution in [-0.2, 0) is 18.2 Å². The molecule has 4 heterocycles. The van der Waals surface area contributed by atoms with E-state index in [4.69, 9.17) is 9.84 Å². The third-order valence-corrected chi connectivity index (χ3v) is 5.50. The number of aromatic nitrogens is 5. The molecule has 0 amide bonds. The summed E-state index contributed by atoms with van der Waals surface area (Å²) in [7, 11) is 2.00. The van der Waals surface area contributed by atoms with Crippen molar-refractivity contribution < 1.29 is 4.74 Å². The fourth-order valence-electron chi connectivity index (χ4n) is 3.97. The number of hydrogen-bond acceptors (Lipinski definition) is 6. The van der Waals surface area contributed by atoms with Gasteiger partial charge < -0.3 is 10.1 Å². The van der Waals surface area contributed by atoms with Gasteiger partial charge in [0.2, 0.25) is 0 Å². The smallest absolute Gasteiger partial charge is 0.178 e. The molecule has 0 bridgehead atoms. The van der Waals surface area contributed by atoms with Gasteiger partial charge in [-0.05, 0) is 49.7 Å². The Morgan fingerprint density at radius 1 is 1.21 bits per heavy atom. The fraction of sp³-hybridized carbons (Fsp3) is 0.381. The number of H-pyrrole nitrogens is 1. The lowest BCUT2D eigenvalue weighted by atomic mass is 10.1. The number of aromatic amines is 1. The molecule has 0 saturated carbocycles. The van der Waals surface area contributed by atoms with Crippen molar-refractivity contribution in [1.29, 1.82) is 0 Å². The van der Waals surface area contributed by atoms with E-state index < -0.39 is 0 Å². The van der Waals surface area contributed by atoms with E-state index in [1.54, 1.807) is 6.20 Å². The second kappa shape index (κ2) is 7.81. The molecule has 0 atom stereocenters. The van der Waals surface area contributed by atoms with Crippen molar-refractivity contribution in [3.05, 3.63) is 42.2 Å². The van der Waals surface area contributed by atoms with Gasteiger partial charge in [-0.25, -0.2) is 0 Å². The Labute approximate surface area is 168 Å². The van der Waals surface area contributed by atoms with Crippen LogP contribution in [0.1, 0.15) is 12.1 Å². The van der Waals surface area contributed by atoms with Gasteiger partial charge in [0, 0.05) is 37.4 Å². The van der Waals surface area contributed by atoms with Gasteiger partial charge in [0.25, 0.3) is 0 Å². The van der Waals surface area contributed by atoms with Gasteiger partial charge in [0.15, 0.2) is 5.82 Å². The highest BCUT2D eigenvalue weighted by molar-refractivity contribution is 5.90. The zero-order valence-electron chi connectivity index (χ0n) is 16.6. The molecule has 4 aromatic rings. The van der Waals surface area contributed by atoms with Crippen molar-refractivity contribution in [2.75, 3.05) is 38.2 Å². The van der Waals surface area contributed by atoms with E-state index in [0.29, 0.717) is 0 Å². The van der Waals surface area contributed by atoms with Gasteiger partial charge in [-0.3, -0.25) is 19.7 Å². The van der Waals surface area contributed by atoms with Crippen molar-refractivity contribution in [1.82, 2.24) is 29.9 Å². The molecule has 1 aromatic carbocycles. The van der Waals surface area contributed by atoms with E-state index in [1.165, 1.54) is 5.39 Å². The quantitative estimate of drug-likeness (QED) is 0.526. The first-order valence-corrected chi connectivity index (χ1v) is 10.1. The third kappa shape index (κ3) is 3.68. The summed E-state index contributed by atoms with van der Waals surface area (Å²) in [6, 6.07) is 10.2. The molecule has 0 unspecified atom stereocenters. The molecule has 0 radical (unpaired) electrons. The maximum absolute atomic E-state index is 5.42. The van der Waals surface area contributed by atoms with Crippen LogP contribution in [0.15, 0.2) is 36.5 Å². The Morgan fingerprint density at radius 3 is 3.00 bits per heavy atom. The third-order valence-electron chi connectivity index (χ3n) is 5.50.